The Kier molecular flexibility index (Phi) is 6.62. The van der Waals surface area contributed by atoms with E-state index in [4.69, 9.17) is 27.9 Å². The van der Waals surface area contributed by atoms with Gasteiger partial charge in [-0.25, -0.2) is 9.59 Å². The molecule has 2 heterocycles. The lowest BCUT2D eigenvalue weighted by Crippen LogP contribution is -2.73. The lowest BCUT2D eigenvalue weighted by Gasteiger charge is -2.45. The van der Waals surface area contributed by atoms with E-state index in [1.54, 1.807) is 39.0 Å². The maximum Gasteiger partial charge on any atom is 0.411 e. The van der Waals surface area contributed by atoms with E-state index in [9.17, 15) is 24.3 Å². The summed E-state index contributed by atoms with van der Waals surface area (Å²) >= 11 is 12.4. The number of halogens is 2. The Hall–Kier alpha value is -2.52. The van der Waals surface area contributed by atoms with Crippen molar-refractivity contribution in [2.24, 2.45) is 0 Å². The molecule has 1 spiro atoms. The number of carboxylic acid groups (broad SMARTS) is 1. The average molecular weight is 486 g/mol. The summed E-state index contributed by atoms with van der Waals surface area (Å²) in [6, 6.07) is 3.41. The van der Waals surface area contributed by atoms with Gasteiger partial charge in [-0.1, -0.05) is 29.3 Å². The Morgan fingerprint density at radius 2 is 1.88 bits per heavy atom. The van der Waals surface area contributed by atoms with E-state index in [0.717, 1.165) is 9.80 Å². The quantitative estimate of drug-likeness (QED) is 0.633. The third-order valence-electron chi connectivity index (χ3n) is 5.52. The molecule has 2 fully saturated rings. The van der Waals surface area contributed by atoms with Crippen LogP contribution in [0.3, 0.4) is 0 Å². The van der Waals surface area contributed by atoms with Crippen LogP contribution in [0.5, 0.6) is 0 Å². The first-order valence-corrected chi connectivity index (χ1v) is 10.9. The molecule has 2 aliphatic rings. The van der Waals surface area contributed by atoms with Crippen molar-refractivity contribution in [1.82, 2.24) is 15.1 Å². The number of aliphatic carboxylic acids is 1. The highest BCUT2D eigenvalue weighted by molar-refractivity contribution is 6.36. The summed E-state index contributed by atoms with van der Waals surface area (Å²) in [4.78, 5) is 53.7. The minimum Gasteiger partial charge on any atom is -0.480 e. The van der Waals surface area contributed by atoms with Crippen LogP contribution in [0.15, 0.2) is 18.2 Å². The van der Waals surface area contributed by atoms with E-state index in [2.05, 4.69) is 5.32 Å². The van der Waals surface area contributed by atoms with E-state index in [1.165, 1.54) is 0 Å². The standard InChI is InChI=1S/C21H25Cl2N3O6/c1-20(2,3)32-19(31)26-9-5-8-21(26)17(29)24-11-25(18(21)30)15(16(27)28)10-12-13(22)6-4-7-14(12)23/h4,6-7,15H,5,8-11H2,1-3H3,(H,24,29)(H,27,28). The number of nitrogens with one attached hydrogen (secondary N) is 1. The molecule has 3 rings (SSSR count). The van der Waals surface area contributed by atoms with Crippen LogP contribution in [0, 0.1) is 0 Å². The zero-order chi connectivity index (χ0) is 23.8. The predicted molar refractivity (Wildman–Crippen MR) is 116 cm³/mol. The normalized spacial score (nSPS) is 22.2. The third kappa shape index (κ3) is 4.36. The van der Waals surface area contributed by atoms with Gasteiger partial charge in [0.2, 0.25) is 5.54 Å². The molecule has 2 N–H and O–H groups in total. The van der Waals surface area contributed by atoms with E-state index in [-0.39, 0.29) is 36.1 Å². The Labute approximate surface area is 195 Å². The number of carbonyl (C=O) groups excluding carboxylic acids is 3. The number of ether oxygens (including phenoxy) is 1. The molecule has 2 atom stereocenters. The molecule has 0 aliphatic carbocycles. The molecule has 32 heavy (non-hydrogen) atoms. The van der Waals surface area contributed by atoms with Gasteiger partial charge in [0, 0.05) is 23.0 Å². The molecule has 0 saturated carbocycles. The molecule has 9 nitrogen and oxygen atoms in total. The van der Waals surface area contributed by atoms with E-state index in [0.29, 0.717) is 12.0 Å². The van der Waals surface area contributed by atoms with Gasteiger partial charge in [0.15, 0.2) is 0 Å². The molecule has 3 amide bonds. The predicted octanol–water partition coefficient (Wildman–Crippen LogP) is 2.67. The van der Waals surface area contributed by atoms with Gasteiger partial charge in [-0.05, 0) is 51.3 Å². The Balaban J connectivity index is 1.96. The van der Waals surface area contributed by atoms with Crippen molar-refractivity contribution in [2.75, 3.05) is 13.2 Å². The Bertz CT molecular complexity index is 943. The van der Waals surface area contributed by atoms with Crippen LogP contribution < -0.4 is 5.32 Å². The van der Waals surface area contributed by atoms with Gasteiger partial charge in [0.1, 0.15) is 11.6 Å². The molecule has 2 saturated heterocycles. The summed E-state index contributed by atoms with van der Waals surface area (Å²) in [6.07, 6.45) is -0.522. The van der Waals surface area contributed by atoms with Crippen molar-refractivity contribution < 1.29 is 29.0 Å². The van der Waals surface area contributed by atoms with Crippen LogP contribution in [0.25, 0.3) is 0 Å². The second kappa shape index (κ2) is 8.78. The van der Waals surface area contributed by atoms with Gasteiger partial charge in [0.25, 0.3) is 11.8 Å². The van der Waals surface area contributed by atoms with Crippen molar-refractivity contribution in [3.8, 4) is 0 Å². The maximum absolute atomic E-state index is 13.6. The minimum absolute atomic E-state index is 0.0621. The van der Waals surface area contributed by atoms with Crippen LogP contribution in [0.2, 0.25) is 10.0 Å². The fourth-order valence-electron chi connectivity index (χ4n) is 4.05. The highest BCUT2D eigenvalue weighted by Gasteiger charge is 2.61. The van der Waals surface area contributed by atoms with E-state index in [1.807, 2.05) is 0 Å². The second-order valence-electron chi connectivity index (χ2n) is 8.79. The fourth-order valence-corrected chi connectivity index (χ4v) is 4.61. The van der Waals surface area contributed by atoms with Crippen LogP contribution in [-0.2, 0) is 25.5 Å². The molecule has 0 aromatic heterocycles. The Morgan fingerprint density at radius 1 is 1.25 bits per heavy atom. The fraction of sp³-hybridized carbons (Fsp3) is 0.524. The van der Waals surface area contributed by atoms with Crippen molar-refractivity contribution >= 4 is 47.1 Å². The lowest BCUT2D eigenvalue weighted by atomic mass is 9.90. The first-order valence-electron chi connectivity index (χ1n) is 10.1. The van der Waals surface area contributed by atoms with E-state index < -0.39 is 41.1 Å². The summed E-state index contributed by atoms with van der Waals surface area (Å²) in [5.74, 6) is -2.70. The topological polar surface area (TPSA) is 116 Å². The zero-order valence-corrected chi connectivity index (χ0v) is 19.5. The van der Waals surface area contributed by atoms with Crippen molar-refractivity contribution in [2.45, 2.75) is 57.2 Å². The van der Waals surface area contributed by atoms with Gasteiger partial charge in [-0.2, -0.15) is 0 Å². The van der Waals surface area contributed by atoms with Gasteiger partial charge in [-0.3, -0.25) is 14.5 Å². The van der Waals surface area contributed by atoms with E-state index >= 15 is 0 Å². The molecule has 0 bridgehead atoms. The third-order valence-corrected chi connectivity index (χ3v) is 6.22. The van der Waals surface area contributed by atoms with Crippen molar-refractivity contribution in [3.63, 3.8) is 0 Å². The molecule has 0 radical (unpaired) electrons. The van der Waals surface area contributed by atoms with Crippen molar-refractivity contribution in [1.29, 1.82) is 0 Å². The summed E-state index contributed by atoms with van der Waals surface area (Å²) in [7, 11) is 0. The van der Waals surface area contributed by atoms with Gasteiger partial charge in [0.05, 0.1) is 6.67 Å². The number of benzene rings is 1. The smallest absolute Gasteiger partial charge is 0.411 e. The lowest BCUT2D eigenvalue weighted by molar-refractivity contribution is -0.165. The van der Waals surface area contributed by atoms with Gasteiger partial charge >= 0.3 is 12.1 Å². The number of likely N-dealkylation sites (tertiary alicyclic amines) is 1. The zero-order valence-electron chi connectivity index (χ0n) is 18.0. The van der Waals surface area contributed by atoms with Gasteiger partial charge in [-0.15, -0.1) is 0 Å². The summed E-state index contributed by atoms with van der Waals surface area (Å²) in [6.45, 7) is 4.85. The molecular weight excluding hydrogens is 461 g/mol. The van der Waals surface area contributed by atoms with Crippen LogP contribution in [-0.4, -0.2) is 69.2 Å². The number of carboxylic acids is 1. The minimum atomic E-state index is -1.86. The SMILES string of the molecule is CC(C)(C)OC(=O)N1CCCC12C(=O)NCN(C(Cc1c(Cl)cccc1Cl)C(=O)O)C2=O. The molecule has 11 heteroatoms. The first kappa shape index (κ1) is 24.1. The van der Waals surface area contributed by atoms with Gasteiger partial charge < -0.3 is 20.1 Å². The summed E-state index contributed by atoms with van der Waals surface area (Å²) in [5, 5.41) is 13.0. The summed E-state index contributed by atoms with van der Waals surface area (Å²) < 4.78 is 5.40. The monoisotopic (exact) mass is 485 g/mol. The number of rotatable bonds is 4. The maximum atomic E-state index is 13.6. The first-order chi connectivity index (χ1) is 14.9. The molecule has 1 aromatic rings. The van der Waals surface area contributed by atoms with Crippen molar-refractivity contribution in [3.05, 3.63) is 33.8 Å². The number of hydrogen-bond donors (Lipinski definition) is 2. The second-order valence-corrected chi connectivity index (χ2v) is 9.61. The molecular formula is C21H25Cl2N3O6. The summed E-state index contributed by atoms with van der Waals surface area (Å²) in [5.41, 5.74) is -2.32. The largest absolute Gasteiger partial charge is 0.480 e. The number of nitrogens with zero attached hydrogens (tertiary/aromatic N) is 2. The number of amides is 3. The highest BCUT2D eigenvalue weighted by atomic mass is 35.5. The number of hydrogen-bond acceptors (Lipinski definition) is 5. The Morgan fingerprint density at radius 3 is 2.44 bits per heavy atom. The molecule has 174 valence electrons. The van der Waals surface area contributed by atoms with Crippen LogP contribution in [0.1, 0.15) is 39.2 Å². The van der Waals surface area contributed by atoms with Crippen LogP contribution in [0.4, 0.5) is 4.79 Å². The van der Waals surface area contributed by atoms with Crippen LogP contribution >= 0.6 is 23.2 Å². The molecule has 2 aliphatic heterocycles. The molecule has 1 aromatic carbocycles. The number of carbonyl (C=O) groups is 4. The molecule has 2 unspecified atom stereocenters. The highest BCUT2D eigenvalue weighted by Crippen LogP contribution is 2.36. The average Bonchev–Trinajstić information content (AvgIpc) is 3.12.